The van der Waals surface area contributed by atoms with E-state index in [1.807, 2.05) is 0 Å². The standard InChI is InChI=1S/C14H22N2O4S/c1-9-8-10(2)13(21(15,18)19)11(3)12(9)14(17)16-6-5-7-20-4/h8H,5-7H2,1-4H3,(H,16,17)(H2,15,18,19). The van der Waals surface area contributed by atoms with Crippen molar-refractivity contribution >= 4 is 15.9 Å². The Bertz CT molecular complexity index is 639. The van der Waals surface area contributed by atoms with Crippen LogP contribution in [0.3, 0.4) is 0 Å². The number of amides is 1. The summed E-state index contributed by atoms with van der Waals surface area (Å²) in [5.74, 6) is -0.300. The molecule has 7 heteroatoms. The summed E-state index contributed by atoms with van der Waals surface area (Å²) in [5, 5.41) is 8.00. The first-order chi connectivity index (χ1) is 9.70. The predicted molar refractivity (Wildman–Crippen MR) is 80.9 cm³/mol. The van der Waals surface area contributed by atoms with Crippen LogP contribution >= 0.6 is 0 Å². The van der Waals surface area contributed by atoms with Crippen LogP contribution in [0.1, 0.15) is 33.5 Å². The first-order valence-corrected chi connectivity index (χ1v) is 8.15. The minimum Gasteiger partial charge on any atom is -0.385 e. The van der Waals surface area contributed by atoms with Crippen LogP contribution in [0, 0.1) is 20.8 Å². The van der Waals surface area contributed by atoms with Gasteiger partial charge in [-0.25, -0.2) is 13.6 Å². The van der Waals surface area contributed by atoms with Gasteiger partial charge in [-0.1, -0.05) is 6.07 Å². The third kappa shape index (κ3) is 4.26. The summed E-state index contributed by atoms with van der Waals surface area (Å²) in [5.41, 5.74) is 2.02. The van der Waals surface area contributed by atoms with Crippen molar-refractivity contribution in [1.29, 1.82) is 0 Å². The molecule has 0 heterocycles. The number of aryl methyl sites for hydroxylation is 2. The molecule has 0 aliphatic carbocycles. The number of primary sulfonamides is 1. The molecule has 0 aliphatic rings. The fraction of sp³-hybridized carbons (Fsp3) is 0.500. The number of nitrogens with two attached hydrogens (primary N) is 1. The number of methoxy groups -OCH3 is 1. The van der Waals surface area contributed by atoms with Crippen molar-refractivity contribution in [1.82, 2.24) is 5.32 Å². The molecule has 118 valence electrons. The Labute approximate surface area is 125 Å². The van der Waals surface area contributed by atoms with Crippen LogP contribution in [-0.4, -0.2) is 34.6 Å². The molecule has 0 aliphatic heterocycles. The second-order valence-corrected chi connectivity index (χ2v) is 6.49. The number of carbonyl (C=O) groups is 1. The van der Waals surface area contributed by atoms with Gasteiger partial charge in [0.25, 0.3) is 5.91 Å². The molecule has 0 fully saturated rings. The van der Waals surface area contributed by atoms with Gasteiger partial charge in [-0.15, -0.1) is 0 Å². The van der Waals surface area contributed by atoms with E-state index in [1.165, 1.54) is 0 Å². The Kier molecular flexibility index (Phi) is 5.88. The van der Waals surface area contributed by atoms with Gasteiger partial charge in [-0.3, -0.25) is 4.79 Å². The molecule has 6 nitrogen and oxygen atoms in total. The molecule has 21 heavy (non-hydrogen) atoms. The Hall–Kier alpha value is -1.44. The fourth-order valence-electron chi connectivity index (χ4n) is 2.46. The first-order valence-electron chi connectivity index (χ1n) is 6.61. The highest BCUT2D eigenvalue weighted by Gasteiger charge is 2.22. The van der Waals surface area contributed by atoms with E-state index in [0.29, 0.717) is 36.3 Å². The highest BCUT2D eigenvalue weighted by Crippen LogP contribution is 2.25. The van der Waals surface area contributed by atoms with Crippen molar-refractivity contribution < 1.29 is 17.9 Å². The van der Waals surface area contributed by atoms with Crippen molar-refractivity contribution in [2.24, 2.45) is 5.14 Å². The molecular formula is C14H22N2O4S. The largest absolute Gasteiger partial charge is 0.385 e. The Balaban J connectivity index is 3.16. The second kappa shape index (κ2) is 7.02. The lowest BCUT2D eigenvalue weighted by atomic mass is 9.99. The van der Waals surface area contributed by atoms with Gasteiger partial charge in [0.15, 0.2) is 0 Å². The lowest BCUT2D eigenvalue weighted by Gasteiger charge is -2.15. The van der Waals surface area contributed by atoms with E-state index in [0.717, 1.165) is 5.56 Å². The van der Waals surface area contributed by atoms with Gasteiger partial charge in [-0.05, 0) is 43.9 Å². The van der Waals surface area contributed by atoms with E-state index in [-0.39, 0.29) is 10.8 Å². The number of nitrogens with one attached hydrogen (secondary N) is 1. The van der Waals surface area contributed by atoms with Crippen molar-refractivity contribution in [3.8, 4) is 0 Å². The topological polar surface area (TPSA) is 98.5 Å². The quantitative estimate of drug-likeness (QED) is 0.766. The monoisotopic (exact) mass is 314 g/mol. The predicted octanol–water partition coefficient (Wildman–Crippen LogP) is 1.03. The normalized spacial score (nSPS) is 11.5. The van der Waals surface area contributed by atoms with Gasteiger partial charge < -0.3 is 10.1 Å². The third-order valence-corrected chi connectivity index (χ3v) is 4.42. The lowest BCUT2D eigenvalue weighted by Crippen LogP contribution is -2.28. The molecule has 3 N–H and O–H groups in total. The minimum absolute atomic E-state index is 0.0233. The maximum absolute atomic E-state index is 12.3. The van der Waals surface area contributed by atoms with E-state index in [4.69, 9.17) is 9.88 Å². The third-order valence-electron chi connectivity index (χ3n) is 3.22. The number of carbonyl (C=O) groups excluding carboxylic acids is 1. The van der Waals surface area contributed by atoms with E-state index >= 15 is 0 Å². The summed E-state index contributed by atoms with van der Waals surface area (Å²) in [7, 11) is -2.27. The molecule has 0 bridgehead atoms. The van der Waals surface area contributed by atoms with Crippen molar-refractivity contribution in [2.75, 3.05) is 20.3 Å². The first kappa shape index (κ1) is 17.6. The molecule has 0 saturated carbocycles. The molecule has 1 rings (SSSR count). The maximum atomic E-state index is 12.3. The Morgan fingerprint density at radius 1 is 1.29 bits per heavy atom. The van der Waals surface area contributed by atoms with E-state index in [9.17, 15) is 13.2 Å². The highest BCUT2D eigenvalue weighted by atomic mass is 32.2. The van der Waals surface area contributed by atoms with Gasteiger partial charge >= 0.3 is 0 Å². The van der Waals surface area contributed by atoms with Crippen molar-refractivity contribution in [3.05, 3.63) is 28.3 Å². The van der Waals surface area contributed by atoms with Crippen LogP contribution < -0.4 is 10.5 Å². The second-order valence-electron chi connectivity index (χ2n) is 4.99. The summed E-state index contributed by atoms with van der Waals surface area (Å²) in [6, 6.07) is 1.66. The number of sulfonamides is 1. The van der Waals surface area contributed by atoms with E-state index < -0.39 is 10.0 Å². The van der Waals surface area contributed by atoms with Crippen LogP contribution in [0.15, 0.2) is 11.0 Å². The lowest BCUT2D eigenvalue weighted by molar-refractivity contribution is 0.0947. The van der Waals surface area contributed by atoms with Gasteiger partial charge in [0.05, 0.1) is 4.90 Å². The number of benzene rings is 1. The molecule has 0 unspecified atom stereocenters. The minimum atomic E-state index is -3.87. The van der Waals surface area contributed by atoms with Crippen LogP contribution in [0.5, 0.6) is 0 Å². The van der Waals surface area contributed by atoms with Crippen LogP contribution in [0.4, 0.5) is 0 Å². The number of ether oxygens (including phenoxy) is 1. The highest BCUT2D eigenvalue weighted by molar-refractivity contribution is 7.89. The summed E-state index contributed by atoms with van der Waals surface area (Å²) in [6.45, 7) is 6.06. The SMILES string of the molecule is COCCCNC(=O)c1c(C)cc(C)c(S(N)(=O)=O)c1C. The van der Waals surface area contributed by atoms with Gasteiger partial charge in [0.2, 0.25) is 10.0 Å². The van der Waals surface area contributed by atoms with Gasteiger partial charge in [0, 0.05) is 25.8 Å². The maximum Gasteiger partial charge on any atom is 0.251 e. The fourth-order valence-corrected chi connectivity index (χ4v) is 3.50. The molecule has 1 aromatic rings. The molecular weight excluding hydrogens is 292 g/mol. The molecule has 0 atom stereocenters. The molecule has 0 radical (unpaired) electrons. The number of rotatable bonds is 6. The number of hydrogen-bond acceptors (Lipinski definition) is 4. The molecule has 0 saturated heterocycles. The molecule has 0 aromatic heterocycles. The Morgan fingerprint density at radius 3 is 2.43 bits per heavy atom. The van der Waals surface area contributed by atoms with Crippen molar-refractivity contribution in [3.63, 3.8) is 0 Å². The number of hydrogen-bond donors (Lipinski definition) is 2. The van der Waals surface area contributed by atoms with Crippen molar-refractivity contribution in [2.45, 2.75) is 32.1 Å². The summed E-state index contributed by atoms with van der Waals surface area (Å²) in [6.07, 6.45) is 0.689. The molecule has 1 amide bonds. The summed E-state index contributed by atoms with van der Waals surface area (Å²) in [4.78, 5) is 12.3. The van der Waals surface area contributed by atoms with Gasteiger partial charge in [0.1, 0.15) is 0 Å². The average molecular weight is 314 g/mol. The zero-order valence-corrected chi connectivity index (χ0v) is 13.6. The van der Waals surface area contributed by atoms with E-state index in [1.54, 1.807) is 33.9 Å². The summed E-state index contributed by atoms with van der Waals surface area (Å²) < 4.78 is 28.3. The zero-order valence-electron chi connectivity index (χ0n) is 12.8. The summed E-state index contributed by atoms with van der Waals surface area (Å²) >= 11 is 0. The smallest absolute Gasteiger partial charge is 0.251 e. The molecule has 0 spiro atoms. The zero-order chi connectivity index (χ0) is 16.2. The van der Waals surface area contributed by atoms with Crippen LogP contribution in [0.2, 0.25) is 0 Å². The van der Waals surface area contributed by atoms with Gasteiger partial charge in [-0.2, -0.15) is 0 Å². The van der Waals surface area contributed by atoms with E-state index in [2.05, 4.69) is 5.32 Å². The van der Waals surface area contributed by atoms with Crippen LogP contribution in [-0.2, 0) is 14.8 Å². The van der Waals surface area contributed by atoms with Crippen LogP contribution in [0.25, 0.3) is 0 Å². The Morgan fingerprint density at radius 2 is 1.90 bits per heavy atom. The molecule has 1 aromatic carbocycles. The average Bonchev–Trinajstić information content (AvgIpc) is 2.32.